The molecule has 0 bridgehead atoms. The van der Waals surface area contributed by atoms with Gasteiger partial charge in [-0.3, -0.25) is 9.69 Å². The lowest BCUT2D eigenvalue weighted by molar-refractivity contribution is -0.122. The van der Waals surface area contributed by atoms with E-state index in [0.717, 1.165) is 17.7 Å². The molecule has 1 fully saturated rings. The van der Waals surface area contributed by atoms with E-state index < -0.39 is 0 Å². The van der Waals surface area contributed by atoms with E-state index in [1.807, 2.05) is 42.5 Å². The van der Waals surface area contributed by atoms with Crippen molar-refractivity contribution in [1.82, 2.24) is 10.2 Å². The van der Waals surface area contributed by atoms with Crippen LogP contribution >= 0.6 is 0 Å². The first kappa shape index (κ1) is 17.6. The van der Waals surface area contributed by atoms with Crippen molar-refractivity contribution in [2.75, 3.05) is 13.7 Å². The van der Waals surface area contributed by atoms with Crippen LogP contribution in [0.25, 0.3) is 0 Å². The van der Waals surface area contributed by atoms with Gasteiger partial charge in [0.25, 0.3) is 0 Å². The van der Waals surface area contributed by atoms with Gasteiger partial charge >= 0.3 is 0 Å². The molecule has 1 aliphatic rings. The maximum Gasteiger partial charge on any atom is 0.234 e. The number of methoxy groups -OCH3 is 1. The normalized spacial score (nSPS) is 13.8. The van der Waals surface area contributed by atoms with Gasteiger partial charge in [-0.1, -0.05) is 54.6 Å². The summed E-state index contributed by atoms with van der Waals surface area (Å²) < 4.78 is 5.23. The van der Waals surface area contributed by atoms with Crippen molar-refractivity contribution in [3.05, 3.63) is 71.3 Å². The smallest absolute Gasteiger partial charge is 0.234 e. The Balaban J connectivity index is 1.54. The van der Waals surface area contributed by atoms with Gasteiger partial charge in [0.15, 0.2) is 0 Å². The Morgan fingerprint density at radius 1 is 1.08 bits per heavy atom. The highest BCUT2D eigenvalue weighted by atomic mass is 16.5. The van der Waals surface area contributed by atoms with E-state index in [2.05, 4.69) is 22.3 Å². The number of hydrogen-bond donors (Lipinski definition) is 1. The van der Waals surface area contributed by atoms with Gasteiger partial charge in [-0.15, -0.1) is 0 Å². The number of nitrogens with one attached hydrogen (secondary N) is 1. The van der Waals surface area contributed by atoms with Crippen molar-refractivity contribution in [2.24, 2.45) is 0 Å². The second-order valence-corrected chi connectivity index (χ2v) is 6.60. The van der Waals surface area contributed by atoms with Gasteiger partial charge in [-0.05, 0) is 29.5 Å². The number of hydrogen-bond acceptors (Lipinski definition) is 3. The topological polar surface area (TPSA) is 41.6 Å². The Morgan fingerprint density at radius 2 is 1.76 bits per heavy atom. The van der Waals surface area contributed by atoms with Crippen LogP contribution in [-0.2, 0) is 29.2 Å². The second-order valence-electron chi connectivity index (χ2n) is 6.60. The standard InChI is InChI=1S/C21H26N2O2/c1-25-16-19-10-6-5-9-18(19)13-22-21(24)15-23(20-11-12-20)14-17-7-3-2-4-8-17/h2-10,20H,11-16H2,1H3,(H,22,24). The molecule has 4 nitrogen and oxygen atoms in total. The maximum atomic E-state index is 12.4. The number of rotatable bonds is 9. The van der Waals surface area contributed by atoms with Gasteiger partial charge < -0.3 is 10.1 Å². The summed E-state index contributed by atoms with van der Waals surface area (Å²) in [5, 5.41) is 3.06. The largest absolute Gasteiger partial charge is 0.380 e. The molecule has 1 saturated carbocycles. The molecule has 0 spiro atoms. The minimum absolute atomic E-state index is 0.0788. The lowest BCUT2D eigenvalue weighted by atomic mass is 10.1. The lowest BCUT2D eigenvalue weighted by Gasteiger charge is -2.21. The van der Waals surface area contributed by atoms with Crippen LogP contribution < -0.4 is 5.32 Å². The molecule has 1 amide bonds. The van der Waals surface area contributed by atoms with Crippen LogP contribution in [0.4, 0.5) is 0 Å². The van der Waals surface area contributed by atoms with Gasteiger partial charge in [0.1, 0.15) is 0 Å². The minimum Gasteiger partial charge on any atom is -0.380 e. The van der Waals surface area contributed by atoms with Crippen molar-refractivity contribution in [1.29, 1.82) is 0 Å². The van der Waals surface area contributed by atoms with Crippen LogP contribution in [0.3, 0.4) is 0 Å². The first-order chi connectivity index (χ1) is 12.3. The molecule has 0 saturated heterocycles. The van der Waals surface area contributed by atoms with Gasteiger partial charge in [0.05, 0.1) is 13.2 Å². The average Bonchev–Trinajstić information content (AvgIpc) is 3.47. The zero-order valence-electron chi connectivity index (χ0n) is 14.8. The fourth-order valence-corrected chi connectivity index (χ4v) is 3.03. The molecule has 0 unspecified atom stereocenters. The summed E-state index contributed by atoms with van der Waals surface area (Å²) in [4.78, 5) is 14.7. The summed E-state index contributed by atoms with van der Waals surface area (Å²) >= 11 is 0. The lowest BCUT2D eigenvalue weighted by Crippen LogP contribution is -2.38. The van der Waals surface area contributed by atoms with E-state index in [9.17, 15) is 4.79 Å². The first-order valence-electron chi connectivity index (χ1n) is 8.86. The number of carbonyl (C=O) groups is 1. The average molecular weight is 338 g/mol. The summed E-state index contributed by atoms with van der Waals surface area (Å²) in [6.45, 7) is 2.39. The number of amides is 1. The molecule has 2 aromatic rings. The van der Waals surface area contributed by atoms with E-state index in [1.54, 1.807) is 7.11 Å². The van der Waals surface area contributed by atoms with Crippen LogP contribution in [0.2, 0.25) is 0 Å². The number of ether oxygens (including phenoxy) is 1. The highest BCUT2D eigenvalue weighted by Crippen LogP contribution is 2.28. The molecule has 132 valence electrons. The van der Waals surface area contributed by atoms with Crippen LogP contribution in [0.15, 0.2) is 54.6 Å². The summed E-state index contributed by atoms with van der Waals surface area (Å²) in [5.41, 5.74) is 3.49. The van der Waals surface area contributed by atoms with Crippen molar-refractivity contribution in [2.45, 2.75) is 38.6 Å². The molecule has 0 radical (unpaired) electrons. The third-order valence-electron chi connectivity index (χ3n) is 4.53. The van der Waals surface area contributed by atoms with Crippen molar-refractivity contribution in [3.63, 3.8) is 0 Å². The third kappa shape index (κ3) is 5.41. The molecule has 0 aromatic heterocycles. The molecule has 2 aromatic carbocycles. The monoisotopic (exact) mass is 338 g/mol. The fraction of sp³-hybridized carbons (Fsp3) is 0.381. The SMILES string of the molecule is COCc1ccccc1CNC(=O)CN(Cc1ccccc1)C1CC1. The Labute approximate surface area is 149 Å². The van der Waals surface area contributed by atoms with Gasteiger partial charge in [0, 0.05) is 26.2 Å². The Kier molecular flexibility index (Phi) is 6.20. The zero-order chi connectivity index (χ0) is 17.5. The quantitative estimate of drug-likeness (QED) is 0.764. The minimum atomic E-state index is 0.0788. The number of nitrogens with zero attached hydrogens (tertiary/aromatic N) is 1. The molecule has 1 N–H and O–H groups in total. The van der Waals surface area contributed by atoms with Crippen molar-refractivity contribution in [3.8, 4) is 0 Å². The molecule has 0 heterocycles. The third-order valence-corrected chi connectivity index (χ3v) is 4.53. The Morgan fingerprint density at radius 3 is 2.44 bits per heavy atom. The predicted octanol–water partition coefficient (Wildman–Crippen LogP) is 3.11. The molecular weight excluding hydrogens is 312 g/mol. The molecular formula is C21H26N2O2. The summed E-state index contributed by atoms with van der Waals surface area (Å²) in [6, 6.07) is 19.0. The molecule has 3 rings (SSSR count). The molecule has 4 heteroatoms. The van der Waals surface area contributed by atoms with E-state index >= 15 is 0 Å². The van der Waals surface area contributed by atoms with E-state index in [1.165, 1.54) is 18.4 Å². The van der Waals surface area contributed by atoms with Crippen LogP contribution in [0, 0.1) is 0 Å². The zero-order valence-corrected chi connectivity index (χ0v) is 14.8. The fourth-order valence-electron chi connectivity index (χ4n) is 3.03. The first-order valence-corrected chi connectivity index (χ1v) is 8.86. The molecule has 25 heavy (non-hydrogen) atoms. The summed E-state index contributed by atoms with van der Waals surface area (Å²) in [6.07, 6.45) is 2.38. The second kappa shape index (κ2) is 8.79. The van der Waals surface area contributed by atoms with Gasteiger partial charge in [0.2, 0.25) is 5.91 Å². The van der Waals surface area contributed by atoms with E-state index in [0.29, 0.717) is 25.7 Å². The van der Waals surface area contributed by atoms with E-state index in [4.69, 9.17) is 4.74 Å². The highest BCUT2D eigenvalue weighted by molar-refractivity contribution is 5.78. The molecule has 0 atom stereocenters. The predicted molar refractivity (Wildman–Crippen MR) is 98.9 cm³/mol. The Bertz CT molecular complexity index is 683. The summed E-state index contributed by atoms with van der Waals surface area (Å²) in [7, 11) is 1.69. The molecule has 1 aliphatic carbocycles. The van der Waals surface area contributed by atoms with Gasteiger partial charge in [-0.25, -0.2) is 0 Å². The van der Waals surface area contributed by atoms with Gasteiger partial charge in [-0.2, -0.15) is 0 Å². The number of benzene rings is 2. The number of carbonyl (C=O) groups excluding carboxylic acids is 1. The summed E-state index contributed by atoms with van der Waals surface area (Å²) in [5.74, 6) is 0.0788. The van der Waals surface area contributed by atoms with Crippen LogP contribution in [-0.4, -0.2) is 30.5 Å². The Hall–Kier alpha value is -2.17. The molecule has 0 aliphatic heterocycles. The van der Waals surface area contributed by atoms with Crippen molar-refractivity contribution >= 4 is 5.91 Å². The van der Waals surface area contributed by atoms with Crippen LogP contribution in [0.5, 0.6) is 0 Å². The maximum absolute atomic E-state index is 12.4. The van der Waals surface area contributed by atoms with Crippen molar-refractivity contribution < 1.29 is 9.53 Å². The van der Waals surface area contributed by atoms with E-state index in [-0.39, 0.29) is 5.91 Å². The highest BCUT2D eigenvalue weighted by Gasteiger charge is 2.30. The van der Waals surface area contributed by atoms with Crippen LogP contribution in [0.1, 0.15) is 29.5 Å².